The smallest absolute Gasteiger partial charge is 0.212 e. The second-order valence-electron chi connectivity index (χ2n) is 4.13. The minimum absolute atomic E-state index is 0.553. The maximum absolute atomic E-state index is 11.9. The SMILES string of the molecule is C=CC(F)=N/C=C\C.CC.CN/C(C)=C\c1cccc(C)c1. The molecule has 0 radical (unpaired) electrons. The number of aryl methyl sites for hydroxylation is 1. The van der Waals surface area contributed by atoms with Gasteiger partial charge in [-0.05, 0) is 38.5 Å². The molecule has 0 heterocycles. The molecular weight excluding hydrogens is 275 g/mol. The monoisotopic (exact) mass is 304 g/mol. The van der Waals surface area contributed by atoms with Crippen LogP contribution in [0.5, 0.6) is 0 Å². The Morgan fingerprint density at radius 1 is 1.32 bits per heavy atom. The lowest BCUT2D eigenvalue weighted by Crippen LogP contribution is -2.00. The van der Waals surface area contributed by atoms with Gasteiger partial charge in [-0.25, -0.2) is 4.99 Å². The highest BCUT2D eigenvalue weighted by Crippen LogP contribution is 2.07. The highest BCUT2D eigenvalue weighted by Gasteiger charge is 1.88. The van der Waals surface area contributed by atoms with Crippen LogP contribution in [0.4, 0.5) is 4.39 Å². The van der Waals surface area contributed by atoms with Crippen LogP contribution in [-0.4, -0.2) is 13.0 Å². The van der Waals surface area contributed by atoms with Crippen molar-refractivity contribution in [2.75, 3.05) is 7.05 Å². The predicted octanol–water partition coefficient (Wildman–Crippen LogP) is 5.68. The van der Waals surface area contributed by atoms with Crippen LogP contribution in [0.25, 0.3) is 6.08 Å². The fourth-order valence-electron chi connectivity index (χ4n) is 1.28. The molecule has 0 saturated carbocycles. The third-order valence-corrected chi connectivity index (χ3v) is 2.34. The van der Waals surface area contributed by atoms with Gasteiger partial charge in [-0.2, -0.15) is 4.39 Å². The molecule has 0 bridgehead atoms. The molecule has 0 aromatic heterocycles. The van der Waals surface area contributed by atoms with E-state index in [-0.39, 0.29) is 0 Å². The van der Waals surface area contributed by atoms with Crippen molar-refractivity contribution in [3.63, 3.8) is 0 Å². The summed E-state index contributed by atoms with van der Waals surface area (Å²) in [6.07, 6.45) is 6.20. The summed E-state index contributed by atoms with van der Waals surface area (Å²) >= 11 is 0. The second-order valence-corrected chi connectivity index (χ2v) is 4.13. The molecule has 1 N–H and O–H groups in total. The first-order chi connectivity index (χ1) is 10.5. The molecule has 1 aromatic rings. The quantitative estimate of drug-likeness (QED) is 0.711. The third-order valence-electron chi connectivity index (χ3n) is 2.34. The van der Waals surface area contributed by atoms with E-state index in [4.69, 9.17) is 0 Å². The molecule has 3 heteroatoms. The van der Waals surface area contributed by atoms with Crippen molar-refractivity contribution in [2.24, 2.45) is 4.99 Å². The number of halogens is 1. The van der Waals surface area contributed by atoms with Crippen LogP contribution in [0, 0.1) is 6.92 Å². The summed E-state index contributed by atoms with van der Waals surface area (Å²) in [5.41, 5.74) is 3.73. The van der Waals surface area contributed by atoms with Gasteiger partial charge in [-0.1, -0.05) is 56.3 Å². The molecule has 0 fully saturated rings. The van der Waals surface area contributed by atoms with Gasteiger partial charge in [0, 0.05) is 18.9 Å². The largest absolute Gasteiger partial charge is 0.392 e. The molecule has 0 aliphatic carbocycles. The summed E-state index contributed by atoms with van der Waals surface area (Å²) in [6.45, 7) is 13.1. The van der Waals surface area contributed by atoms with E-state index in [1.165, 1.54) is 23.0 Å². The van der Waals surface area contributed by atoms with Gasteiger partial charge in [0.2, 0.25) is 5.97 Å². The normalized spacial score (nSPS) is 11.0. The molecular formula is C19H29FN2. The lowest BCUT2D eigenvalue weighted by Gasteiger charge is -1.99. The van der Waals surface area contributed by atoms with Crippen LogP contribution in [0.1, 0.15) is 38.8 Å². The molecule has 22 heavy (non-hydrogen) atoms. The summed E-state index contributed by atoms with van der Waals surface area (Å²) in [4.78, 5) is 3.31. The van der Waals surface area contributed by atoms with E-state index < -0.39 is 5.97 Å². The van der Waals surface area contributed by atoms with Crippen molar-refractivity contribution >= 4 is 12.0 Å². The van der Waals surface area contributed by atoms with Crippen molar-refractivity contribution < 1.29 is 4.39 Å². The standard InChI is InChI=1S/C11H15N.C6H8FN.C2H6/c1-9-5-4-6-11(7-9)8-10(2)12-3;1-3-5-8-6(7)4-2;1-2/h4-8,12H,1-3H3;3-5H,2H2,1H3;1-2H3/b10-8-;5-3-,8-6?;. The average Bonchev–Trinajstić information content (AvgIpc) is 2.55. The number of hydrogen-bond donors (Lipinski definition) is 1. The van der Waals surface area contributed by atoms with Crippen LogP contribution >= 0.6 is 0 Å². The van der Waals surface area contributed by atoms with E-state index in [1.54, 1.807) is 13.0 Å². The number of allylic oxidation sites excluding steroid dienone is 3. The summed E-state index contributed by atoms with van der Waals surface area (Å²) in [7, 11) is 1.93. The third kappa shape index (κ3) is 12.9. The van der Waals surface area contributed by atoms with Crippen LogP contribution in [0.3, 0.4) is 0 Å². The van der Waals surface area contributed by atoms with Gasteiger partial charge >= 0.3 is 0 Å². The minimum atomic E-state index is -0.553. The number of nitrogens with one attached hydrogen (secondary N) is 1. The average molecular weight is 304 g/mol. The van der Waals surface area contributed by atoms with Gasteiger partial charge in [0.1, 0.15) is 0 Å². The predicted molar refractivity (Wildman–Crippen MR) is 98.8 cm³/mol. The van der Waals surface area contributed by atoms with E-state index in [0.717, 1.165) is 6.08 Å². The minimum Gasteiger partial charge on any atom is -0.392 e. The summed E-state index contributed by atoms with van der Waals surface area (Å²) < 4.78 is 11.9. The first-order valence-corrected chi connectivity index (χ1v) is 7.43. The Labute approximate surface area is 135 Å². The first kappa shape index (κ1) is 22.1. The Balaban J connectivity index is 0. The van der Waals surface area contributed by atoms with Crippen molar-refractivity contribution in [1.82, 2.24) is 5.32 Å². The maximum Gasteiger partial charge on any atom is 0.212 e. The van der Waals surface area contributed by atoms with Crippen molar-refractivity contribution in [3.05, 3.63) is 66.0 Å². The Morgan fingerprint density at radius 2 is 1.95 bits per heavy atom. The molecule has 0 spiro atoms. The van der Waals surface area contributed by atoms with Crippen LogP contribution in [0.15, 0.2) is 59.9 Å². The summed E-state index contributed by atoms with van der Waals surface area (Å²) in [5, 5.41) is 3.09. The van der Waals surface area contributed by atoms with Crippen molar-refractivity contribution in [1.29, 1.82) is 0 Å². The molecule has 0 saturated heterocycles. The zero-order valence-electron chi connectivity index (χ0n) is 14.7. The maximum atomic E-state index is 11.9. The number of nitrogens with zero attached hydrogens (tertiary/aromatic N) is 1. The lowest BCUT2D eigenvalue weighted by atomic mass is 10.1. The number of aliphatic imine (C=N–C) groups is 1. The van der Waals surface area contributed by atoms with Gasteiger partial charge in [0.25, 0.3) is 0 Å². The molecule has 1 aromatic carbocycles. The first-order valence-electron chi connectivity index (χ1n) is 7.43. The summed E-state index contributed by atoms with van der Waals surface area (Å²) in [5.74, 6) is -0.553. The van der Waals surface area contributed by atoms with E-state index >= 15 is 0 Å². The van der Waals surface area contributed by atoms with Crippen molar-refractivity contribution in [2.45, 2.75) is 34.6 Å². The summed E-state index contributed by atoms with van der Waals surface area (Å²) in [6, 6.07) is 8.45. The highest BCUT2D eigenvalue weighted by atomic mass is 19.1. The fourth-order valence-corrected chi connectivity index (χ4v) is 1.28. The molecule has 1 rings (SSSR count). The van der Waals surface area contributed by atoms with Gasteiger partial charge in [0.05, 0.1) is 0 Å². The molecule has 2 nitrogen and oxygen atoms in total. The molecule has 0 aliphatic rings. The number of benzene rings is 1. The number of hydrogen-bond acceptors (Lipinski definition) is 2. The van der Waals surface area contributed by atoms with Gasteiger partial charge in [0.15, 0.2) is 0 Å². The van der Waals surface area contributed by atoms with Crippen molar-refractivity contribution in [3.8, 4) is 0 Å². The van der Waals surface area contributed by atoms with Crippen LogP contribution < -0.4 is 5.32 Å². The molecule has 0 aliphatic heterocycles. The van der Waals surface area contributed by atoms with Gasteiger partial charge < -0.3 is 5.32 Å². The Morgan fingerprint density at radius 3 is 2.41 bits per heavy atom. The number of rotatable bonds is 4. The van der Waals surface area contributed by atoms with E-state index in [1.807, 2.05) is 20.9 Å². The molecule has 122 valence electrons. The Bertz CT molecular complexity index is 500. The van der Waals surface area contributed by atoms with E-state index in [2.05, 4.69) is 61.1 Å². The molecule has 0 amide bonds. The zero-order chi connectivity index (χ0) is 17.4. The Kier molecular flexibility index (Phi) is 15.3. The molecule has 0 atom stereocenters. The zero-order valence-corrected chi connectivity index (χ0v) is 14.7. The van der Waals surface area contributed by atoms with Gasteiger partial charge in [-0.15, -0.1) is 0 Å². The van der Waals surface area contributed by atoms with E-state index in [0.29, 0.717) is 0 Å². The van der Waals surface area contributed by atoms with Crippen LogP contribution in [-0.2, 0) is 0 Å². The van der Waals surface area contributed by atoms with E-state index in [9.17, 15) is 4.39 Å². The second kappa shape index (κ2) is 15.2. The Hall–Kier alpha value is -2.16. The topological polar surface area (TPSA) is 24.4 Å². The van der Waals surface area contributed by atoms with Gasteiger partial charge in [-0.3, -0.25) is 0 Å². The lowest BCUT2D eigenvalue weighted by molar-refractivity contribution is 0.813. The highest BCUT2D eigenvalue weighted by molar-refractivity contribution is 5.86. The fraction of sp³-hybridized carbons (Fsp3) is 0.316. The molecule has 0 unspecified atom stereocenters. The van der Waals surface area contributed by atoms with Crippen LogP contribution in [0.2, 0.25) is 0 Å².